The quantitative estimate of drug-likeness (QED) is 0.818. The molecule has 0 saturated heterocycles. The Bertz CT molecular complexity index is 392. The summed E-state index contributed by atoms with van der Waals surface area (Å²) < 4.78 is 0. The molecule has 1 aromatic carbocycles. The number of benzene rings is 1. The van der Waals surface area contributed by atoms with Crippen LogP contribution in [0.5, 0.6) is 0 Å². The fraction of sp³-hybridized carbons (Fsp3) is 0.308. The minimum Gasteiger partial charge on any atom is -0.481 e. The molecule has 1 fully saturated rings. The van der Waals surface area contributed by atoms with E-state index in [-0.39, 0.29) is 11.8 Å². The maximum absolute atomic E-state index is 10.7. The Hall–Kier alpha value is -1.57. The smallest absolute Gasteiger partial charge is 0.307 e. The molecular formula is C13H14O2. The lowest BCUT2D eigenvalue weighted by molar-refractivity contribution is -0.138. The van der Waals surface area contributed by atoms with Crippen LogP contribution in [0.25, 0.3) is 6.08 Å². The second kappa shape index (κ2) is 3.89. The van der Waals surface area contributed by atoms with Crippen molar-refractivity contribution in [2.45, 2.75) is 13.3 Å². The standard InChI is InChI=1S/C13H14O2/c1-9(11-8-12(11)13(14)15)7-10-5-3-2-4-6-10/h2-7,11-12H,8H2,1H3,(H,14,15)/b9-7+/t11-,12+/m0/s1. The molecule has 1 aliphatic rings. The molecule has 0 bridgehead atoms. The van der Waals surface area contributed by atoms with E-state index >= 15 is 0 Å². The van der Waals surface area contributed by atoms with Gasteiger partial charge in [0.2, 0.25) is 0 Å². The first-order valence-electron chi connectivity index (χ1n) is 5.14. The van der Waals surface area contributed by atoms with Gasteiger partial charge in [-0.3, -0.25) is 4.79 Å². The molecule has 1 aromatic rings. The van der Waals surface area contributed by atoms with E-state index in [9.17, 15) is 4.79 Å². The van der Waals surface area contributed by atoms with Crippen LogP contribution in [0.3, 0.4) is 0 Å². The molecule has 15 heavy (non-hydrogen) atoms. The summed E-state index contributed by atoms with van der Waals surface area (Å²) in [5.41, 5.74) is 2.32. The number of aliphatic carboxylic acids is 1. The maximum Gasteiger partial charge on any atom is 0.307 e. The molecule has 0 radical (unpaired) electrons. The average molecular weight is 202 g/mol. The minimum atomic E-state index is -0.666. The van der Waals surface area contributed by atoms with E-state index in [1.54, 1.807) is 0 Å². The summed E-state index contributed by atoms with van der Waals surface area (Å²) in [6.07, 6.45) is 2.87. The first-order chi connectivity index (χ1) is 7.18. The van der Waals surface area contributed by atoms with Gasteiger partial charge in [-0.1, -0.05) is 42.0 Å². The number of allylic oxidation sites excluding steroid dienone is 1. The maximum atomic E-state index is 10.7. The minimum absolute atomic E-state index is 0.148. The zero-order valence-electron chi connectivity index (χ0n) is 8.68. The molecule has 0 aromatic heterocycles. The van der Waals surface area contributed by atoms with Crippen molar-refractivity contribution in [2.75, 3.05) is 0 Å². The predicted octanol–water partition coefficient (Wildman–Crippen LogP) is 2.81. The molecule has 2 nitrogen and oxygen atoms in total. The number of carboxylic acids is 1. The van der Waals surface area contributed by atoms with Gasteiger partial charge in [-0.05, 0) is 24.8 Å². The Labute approximate surface area is 89.2 Å². The van der Waals surface area contributed by atoms with Crippen molar-refractivity contribution in [1.29, 1.82) is 0 Å². The van der Waals surface area contributed by atoms with Crippen LogP contribution in [-0.4, -0.2) is 11.1 Å². The summed E-state index contributed by atoms with van der Waals surface area (Å²) in [5.74, 6) is -0.562. The van der Waals surface area contributed by atoms with Crippen LogP contribution < -0.4 is 0 Å². The SMILES string of the molecule is C/C(=C\c1ccccc1)[C@@H]1C[C@H]1C(=O)O. The van der Waals surface area contributed by atoms with Crippen LogP contribution in [0.15, 0.2) is 35.9 Å². The number of hydrogen-bond acceptors (Lipinski definition) is 1. The Morgan fingerprint density at radius 2 is 2.00 bits per heavy atom. The van der Waals surface area contributed by atoms with E-state index < -0.39 is 5.97 Å². The van der Waals surface area contributed by atoms with Crippen LogP contribution in [-0.2, 0) is 4.79 Å². The Kier molecular flexibility index (Phi) is 2.58. The molecular weight excluding hydrogens is 188 g/mol. The lowest BCUT2D eigenvalue weighted by Gasteiger charge is -1.98. The Morgan fingerprint density at radius 3 is 2.53 bits per heavy atom. The van der Waals surface area contributed by atoms with E-state index in [1.165, 1.54) is 5.57 Å². The fourth-order valence-electron chi connectivity index (χ4n) is 1.89. The zero-order chi connectivity index (χ0) is 10.8. The lowest BCUT2D eigenvalue weighted by atomic mass is 10.1. The second-order valence-electron chi connectivity index (χ2n) is 4.09. The fourth-order valence-corrected chi connectivity index (χ4v) is 1.89. The van der Waals surface area contributed by atoms with Gasteiger partial charge in [0.15, 0.2) is 0 Å². The molecule has 0 unspecified atom stereocenters. The van der Waals surface area contributed by atoms with Crippen molar-refractivity contribution in [3.05, 3.63) is 41.5 Å². The van der Waals surface area contributed by atoms with Crippen LogP contribution in [0.2, 0.25) is 0 Å². The zero-order valence-corrected chi connectivity index (χ0v) is 8.68. The summed E-state index contributed by atoms with van der Waals surface area (Å²) in [6, 6.07) is 10.0. The number of carbonyl (C=O) groups is 1. The first-order valence-corrected chi connectivity index (χ1v) is 5.14. The van der Waals surface area contributed by atoms with Gasteiger partial charge in [-0.25, -0.2) is 0 Å². The molecule has 2 atom stereocenters. The normalized spacial score (nSPS) is 25.0. The van der Waals surface area contributed by atoms with Crippen LogP contribution in [0, 0.1) is 11.8 Å². The van der Waals surface area contributed by atoms with E-state index in [1.807, 2.05) is 37.3 Å². The highest BCUT2D eigenvalue weighted by Gasteiger charge is 2.43. The van der Waals surface area contributed by atoms with Crippen molar-refractivity contribution in [1.82, 2.24) is 0 Å². The van der Waals surface area contributed by atoms with Gasteiger partial charge in [0.25, 0.3) is 0 Å². The third kappa shape index (κ3) is 2.27. The van der Waals surface area contributed by atoms with Crippen LogP contribution in [0.4, 0.5) is 0 Å². The molecule has 0 amide bonds. The number of hydrogen-bond donors (Lipinski definition) is 1. The van der Waals surface area contributed by atoms with Gasteiger partial charge in [0.05, 0.1) is 5.92 Å². The topological polar surface area (TPSA) is 37.3 Å². The molecule has 0 heterocycles. The van der Waals surface area contributed by atoms with Crippen molar-refractivity contribution in [2.24, 2.45) is 11.8 Å². The van der Waals surface area contributed by atoms with Gasteiger partial charge in [0.1, 0.15) is 0 Å². The molecule has 1 saturated carbocycles. The van der Waals surface area contributed by atoms with Gasteiger partial charge >= 0.3 is 5.97 Å². The predicted molar refractivity (Wildman–Crippen MR) is 59.3 cm³/mol. The summed E-state index contributed by atoms with van der Waals surface area (Å²) in [7, 11) is 0. The second-order valence-corrected chi connectivity index (χ2v) is 4.09. The van der Waals surface area contributed by atoms with Crippen molar-refractivity contribution >= 4 is 12.0 Å². The Balaban J connectivity index is 2.07. The lowest BCUT2D eigenvalue weighted by Crippen LogP contribution is -1.99. The van der Waals surface area contributed by atoms with Crippen LogP contribution in [0.1, 0.15) is 18.9 Å². The summed E-state index contributed by atoms with van der Waals surface area (Å²) >= 11 is 0. The molecule has 2 rings (SSSR count). The van der Waals surface area contributed by atoms with Crippen molar-refractivity contribution in [3.8, 4) is 0 Å². The van der Waals surface area contributed by atoms with Gasteiger partial charge in [0, 0.05) is 0 Å². The third-order valence-corrected chi connectivity index (χ3v) is 2.89. The molecule has 2 heteroatoms. The monoisotopic (exact) mass is 202 g/mol. The van der Waals surface area contributed by atoms with E-state index in [2.05, 4.69) is 6.08 Å². The summed E-state index contributed by atoms with van der Waals surface area (Å²) in [6.45, 7) is 2.01. The van der Waals surface area contributed by atoms with Gasteiger partial charge in [-0.2, -0.15) is 0 Å². The summed E-state index contributed by atoms with van der Waals surface area (Å²) in [5, 5.41) is 8.81. The Morgan fingerprint density at radius 1 is 1.33 bits per heavy atom. The van der Waals surface area contributed by atoms with E-state index in [0.717, 1.165) is 12.0 Å². The first kappa shape index (κ1) is 9.97. The summed E-state index contributed by atoms with van der Waals surface area (Å²) in [4.78, 5) is 10.7. The van der Waals surface area contributed by atoms with Gasteiger partial charge in [-0.15, -0.1) is 0 Å². The molecule has 78 valence electrons. The largest absolute Gasteiger partial charge is 0.481 e. The van der Waals surface area contributed by atoms with Crippen molar-refractivity contribution < 1.29 is 9.90 Å². The molecule has 1 aliphatic carbocycles. The van der Waals surface area contributed by atoms with Crippen LogP contribution >= 0.6 is 0 Å². The molecule has 1 N–H and O–H groups in total. The van der Waals surface area contributed by atoms with E-state index in [4.69, 9.17) is 5.11 Å². The molecule has 0 aliphatic heterocycles. The highest BCUT2D eigenvalue weighted by Crippen LogP contribution is 2.44. The van der Waals surface area contributed by atoms with E-state index in [0.29, 0.717) is 0 Å². The third-order valence-electron chi connectivity index (χ3n) is 2.89. The number of rotatable bonds is 3. The number of carboxylic acid groups (broad SMARTS) is 1. The highest BCUT2D eigenvalue weighted by molar-refractivity contribution is 5.75. The van der Waals surface area contributed by atoms with Gasteiger partial charge < -0.3 is 5.11 Å². The highest BCUT2D eigenvalue weighted by atomic mass is 16.4. The molecule has 0 spiro atoms. The van der Waals surface area contributed by atoms with Crippen molar-refractivity contribution in [3.63, 3.8) is 0 Å². The average Bonchev–Trinajstić information content (AvgIpc) is 2.98.